The van der Waals surface area contributed by atoms with Gasteiger partial charge in [0.2, 0.25) is 0 Å². The molecule has 43 heteroatoms. The predicted octanol–water partition coefficient (Wildman–Crippen LogP) is 14.8. The molecule has 0 bridgehead atoms. The van der Waals surface area contributed by atoms with Crippen LogP contribution >= 0.6 is 0 Å². The number of rotatable bonds is 101. The van der Waals surface area contributed by atoms with Gasteiger partial charge in [0, 0.05) is 6.42 Å². The van der Waals surface area contributed by atoms with Gasteiger partial charge in [0.25, 0.3) is 0 Å². The monoisotopic (exact) mass is 2160 g/mol. The summed E-state index contributed by atoms with van der Waals surface area (Å²) in [6, 6.07) is 0. The summed E-state index contributed by atoms with van der Waals surface area (Å²) in [6.07, 6.45) is 64.8. The number of aliphatic carboxylic acids is 1. The molecule has 0 aliphatic heterocycles. The topological polar surface area (TPSA) is 604 Å². The molecule has 16 N–H and O–H groups in total. The van der Waals surface area contributed by atoms with E-state index in [-0.39, 0.29) is 191 Å². The van der Waals surface area contributed by atoms with E-state index in [2.05, 4.69) is 68.9 Å². The summed E-state index contributed by atoms with van der Waals surface area (Å²) in [5, 5.41) is 100. The second-order valence-electron chi connectivity index (χ2n) is 36.0. The molecular weight excluding hydrogens is 1950 g/mol. The minimum Gasteiger partial charge on any atom is -0.481 e. The smallest absolute Gasteiger partial charge is 0.481 e. The summed E-state index contributed by atoms with van der Waals surface area (Å²) in [6.45, 7) is 11.3. The molecule has 0 saturated heterocycles. The largest absolute Gasteiger partial charge is 1.00 e. The fourth-order valence-electron chi connectivity index (χ4n) is 16.1. The van der Waals surface area contributed by atoms with E-state index in [0.717, 1.165) is 141 Å². The molecule has 10 atom stereocenters. The van der Waals surface area contributed by atoms with Crippen LogP contribution in [0.5, 0.6) is 0 Å². The summed E-state index contributed by atoms with van der Waals surface area (Å²) >= 11 is 0. The Hall–Kier alpha value is -0.780. The van der Waals surface area contributed by atoms with Gasteiger partial charge >= 0.3 is 87.5 Å². The van der Waals surface area contributed by atoms with Gasteiger partial charge in [-0.3, -0.25) is 27.6 Å². The molecule has 0 aliphatic rings. The minimum absolute atomic E-state index is 0. The Kier molecular flexibility index (Phi) is 123. The third-order valence-electron chi connectivity index (χ3n) is 24.0. The van der Waals surface area contributed by atoms with Crippen LogP contribution in [0.3, 0.4) is 0 Å². The molecule has 0 aromatic carbocycles. The average molecular weight is 2160 g/mol. The van der Waals surface area contributed by atoms with Crippen LogP contribution in [0.15, 0.2) is 0 Å². The van der Waals surface area contributed by atoms with E-state index in [4.69, 9.17) is 77.1 Å². The van der Waals surface area contributed by atoms with Gasteiger partial charge in [0.1, 0.15) is 0 Å². The zero-order chi connectivity index (χ0) is 106. The van der Waals surface area contributed by atoms with Crippen molar-refractivity contribution in [2.45, 2.75) is 457 Å². The van der Waals surface area contributed by atoms with Gasteiger partial charge < -0.3 is 86.3 Å². The van der Waals surface area contributed by atoms with E-state index >= 15 is 0 Å². The Bertz CT molecular complexity index is 2700. The van der Waals surface area contributed by atoms with Crippen LogP contribution in [0.25, 0.3) is 0 Å². The molecule has 0 fully saturated rings. The van der Waals surface area contributed by atoms with Crippen LogP contribution in [0, 0.1) is 36.0 Å². The zero-order valence-electron chi connectivity index (χ0n) is 88.2. The van der Waals surface area contributed by atoms with Crippen molar-refractivity contribution in [2.24, 2.45) is 29.6 Å². The number of aliphatic hydroxyl groups is 10. The van der Waals surface area contributed by atoms with Gasteiger partial charge in [-0.15, -0.1) is 0 Å². The first-order valence-electron chi connectivity index (χ1n) is 53.3. The van der Waals surface area contributed by atoms with Gasteiger partial charge in [-0.1, -0.05) is 337 Å². The van der Waals surface area contributed by atoms with Crippen LogP contribution in [-0.4, -0.2) is 290 Å². The molecule has 37 nitrogen and oxygen atoms in total. The molecule has 10 unspecified atom stereocenters. The van der Waals surface area contributed by atoms with Crippen molar-refractivity contribution >= 4 is 58.0 Å². The molecule has 0 radical (unpaired) electrons. The minimum atomic E-state index is -4.45. The third-order valence-corrected chi connectivity index (χ3v) is 26.3. The fraction of sp³-hybridized carbons (Fsp3) is 0.980. The molecule has 850 valence electrons. The normalized spacial score (nSPS) is 14.0. The molecule has 0 saturated carbocycles. The Morgan fingerprint density at radius 1 is 0.220 bits per heavy atom. The van der Waals surface area contributed by atoms with Crippen molar-refractivity contribution in [3.8, 4) is 0 Å². The fourth-order valence-corrected chi connectivity index (χ4v) is 17.7. The standard InChI is InChI=1S/C18H35O2.5C16H34O7S.Na/c1-2-3-4-5-6-7-8-9-10-11-12-13-14-15-16-17-18(19)20;5*1-2-3-4-5-6-7-8-9-15(10-12-23-24(19,20)21)16(14-18)22-13-11-17;/h10H,2-9,11-17H2,1H3,(H,19,20);5*15-18H,2-14H2,1H3,(H,19,20,21);/q-1;;;;;;+1. The van der Waals surface area contributed by atoms with Crippen molar-refractivity contribution in [2.75, 3.05) is 132 Å². The molecule has 0 aromatic heterocycles. The number of carboxylic acids is 1. The first-order chi connectivity index (χ1) is 67.0. The predicted molar refractivity (Wildman–Crippen MR) is 548 cm³/mol. The molecule has 0 aromatic rings. The Morgan fingerprint density at radius 2 is 0.369 bits per heavy atom. The zero-order valence-corrected chi connectivity index (χ0v) is 94.3. The molecule has 0 spiro atoms. The van der Waals surface area contributed by atoms with E-state index in [1.165, 1.54) is 205 Å². The van der Waals surface area contributed by atoms with Crippen LogP contribution in [-0.2, 0) is 101 Å². The molecule has 141 heavy (non-hydrogen) atoms. The number of ether oxygens (including phenoxy) is 5. The number of hydrogen-bond donors (Lipinski definition) is 16. The molecular formula is C98H205NaO37S5. The Balaban J connectivity index is -0.000000306. The number of hydrogen-bond acceptors (Lipinski definition) is 31. The van der Waals surface area contributed by atoms with Gasteiger partial charge in [-0.25, -0.2) is 20.9 Å². The summed E-state index contributed by atoms with van der Waals surface area (Å²) in [5.74, 6) is -1.08. The maximum Gasteiger partial charge on any atom is 1.00 e. The van der Waals surface area contributed by atoms with Crippen LogP contribution in [0.2, 0.25) is 0 Å². The van der Waals surface area contributed by atoms with Gasteiger partial charge in [0.15, 0.2) is 0 Å². The van der Waals surface area contributed by atoms with Gasteiger partial charge in [0.05, 0.1) is 163 Å². The van der Waals surface area contributed by atoms with E-state index < -0.39 is 88.5 Å². The molecule has 0 heterocycles. The summed E-state index contributed by atoms with van der Waals surface area (Å²) in [7, 11) is -22.3. The molecule has 0 aliphatic carbocycles. The van der Waals surface area contributed by atoms with E-state index in [1.54, 1.807) is 0 Å². The maximum absolute atomic E-state index is 10.6. The molecule has 0 amide bonds. The van der Waals surface area contributed by atoms with Crippen LogP contribution in [0.4, 0.5) is 0 Å². The van der Waals surface area contributed by atoms with Crippen LogP contribution in [0.1, 0.15) is 427 Å². The first kappa shape index (κ1) is 153. The third kappa shape index (κ3) is 123. The van der Waals surface area contributed by atoms with E-state index in [1.807, 2.05) is 0 Å². The van der Waals surface area contributed by atoms with Crippen molar-refractivity contribution in [1.29, 1.82) is 0 Å². The van der Waals surface area contributed by atoms with Crippen molar-refractivity contribution in [3.63, 3.8) is 0 Å². The summed E-state index contributed by atoms with van der Waals surface area (Å²) in [5.41, 5.74) is 0. The summed E-state index contributed by atoms with van der Waals surface area (Å²) in [4.78, 5) is 10.3. The Morgan fingerprint density at radius 3 is 0.511 bits per heavy atom. The van der Waals surface area contributed by atoms with Crippen LogP contribution < -0.4 is 29.6 Å². The SMILES string of the molecule is CCCCCCCCCC(CCOS(=O)(=O)O)C(CO)OCCO.CCCCCCCCCC(CCOS(=O)(=O)O)C(CO)OCCO.CCCCCCCCCC(CCOS(=O)(=O)O)C(CO)OCCO.CCCCCCCCCC(CCOS(=O)(=O)O)C(CO)OCCO.CCCCCCCCCC(CCOS(=O)(=O)O)C(CO)OCCO.CCCCCCCCC[CH-]CCCCCCCC(=O)O.[Na+]. The number of carbonyl (C=O) groups is 1. The first-order valence-corrected chi connectivity index (χ1v) is 60.1. The van der Waals surface area contributed by atoms with Gasteiger partial charge in [-0.05, 0) is 100 Å². The average Bonchev–Trinajstić information content (AvgIpc) is 0.931. The quantitative estimate of drug-likeness (QED) is 0.0116. The second kappa shape index (κ2) is 113. The maximum atomic E-state index is 10.6. The van der Waals surface area contributed by atoms with E-state index in [0.29, 0.717) is 38.5 Å². The van der Waals surface area contributed by atoms with Crippen molar-refractivity contribution in [1.82, 2.24) is 0 Å². The Labute approximate surface area is 877 Å². The number of carboxylic acid groups (broad SMARTS) is 1. The summed E-state index contributed by atoms with van der Waals surface area (Å²) < 4.78 is 198. The molecule has 0 rings (SSSR count). The van der Waals surface area contributed by atoms with Crippen molar-refractivity contribution in [3.05, 3.63) is 6.42 Å². The second-order valence-corrected chi connectivity index (χ2v) is 41.5. The van der Waals surface area contributed by atoms with Crippen molar-refractivity contribution < 1.29 is 200 Å². The number of unbranched alkanes of at least 4 members (excludes halogenated alkanes) is 44. The van der Waals surface area contributed by atoms with E-state index in [9.17, 15) is 72.4 Å². The van der Waals surface area contributed by atoms with Gasteiger partial charge in [-0.2, -0.15) is 54.9 Å². The number of aliphatic hydroxyl groups excluding tert-OH is 10.